The van der Waals surface area contributed by atoms with Gasteiger partial charge >= 0.3 is 0 Å². The number of fused-ring (bicyclic) bond motifs is 3. The smallest absolute Gasteiger partial charge is 0.179 e. The summed E-state index contributed by atoms with van der Waals surface area (Å²) >= 11 is 0. The molecule has 0 saturated carbocycles. The average Bonchev–Trinajstić information content (AvgIpc) is 3.71. The van der Waals surface area contributed by atoms with Gasteiger partial charge in [-0.15, -0.1) is 0 Å². The minimum absolute atomic E-state index is 0.0160. The Labute approximate surface area is 387 Å². The molecule has 4 nitrogen and oxygen atoms in total. The minimum atomic E-state index is -2.80. The molecule has 11 aromatic rings. The lowest BCUT2D eigenvalue weighted by molar-refractivity contribution is 0.591. The molecule has 0 bridgehead atoms. The quantitative estimate of drug-likeness (QED) is 0.107. The van der Waals surface area contributed by atoms with Gasteiger partial charge in [-0.2, -0.15) is 0 Å². The van der Waals surface area contributed by atoms with E-state index in [2.05, 4.69) is 226 Å². The lowest BCUT2D eigenvalue weighted by Crippen LogP contribution is -2.74. The van der Waals surface area contributed by atoms with Crippen LogP contribution >= 0.6 is 0 Å². The van der Waals surface area contributed by atoms with Gasteiger partial charge in [-0.1, -0.05) is 227 Å². The normalized spacial score (nSPS) is 11.9. The Bertz CT molecular complexity index is 3340. The highest BCUT2D eigenvalue weighted by Gasteiger charge is 2.41. The van der Waals surface area contributed by atoms with Crippen LogP contribution in [0.15, 0.2) is 237 Å². The second kappa shape index (κ2) is 16.9. The number of hydrogen-bond donors (Lipinski definition) is 0. The zero-order valence-corrected chi connectivity index (χ0v) is 38.3. The van der Waals surface area contributed by atoms with Gasteiger partial charge in [0.2, 0.25) is 0 Å². The van der Waals surface area contributed by atoms with E-state index in [0.29, 0.717) is 17.5 Å². The molecule has 0 N–H and O–H groups in total. The molecule has 0 aliphatic carbocycles. The Morgan fingerprint density at radius 1 is 0.348 bits per heavy atom. The summed E-state index contributed by atoms with van der Waals surface area (Å²) in [5.74, 6) is 1.87. The van der Waals surface area contributed by atoms with Gasteiger partial charge in [-0.3, -0.25) is 0 Å². The molecule has 0 aliphatic rings. The maximum atomic E-state index is 5.30. The SMILES string of the molecule is CC(C)(C)c1ccc2c(c1)c1ccccc1n2-c1cc(-c2cccc([Si](c3ccccc3)(c3ccccc3)c3ccccc3)c2)ccc1-c1nc(-c2ccccc2)nc(-c2ccccc2)n1. The van der Waals surface area contributed by atoms with Crippen molar-refractivity contribution in [2.24, 2.45) is 0 Å². The monoisotopic (exact) mass is 864 g/mol. The highest BCUT2D eigenvalue weighted by atomic mass is 28.3. The standard InChI is InChI=1S/C61H48N4Si/c1-61(2,3)47-37-39-56-54(42-47)52-34-19-20-35-55(52)65(56)57-41-46(36-38-53(57)60-63-58(43-22-9-4-10-23-43)62-59(64-60)44-24-11-5-12-25-44)45-26-21-33-51(40-45)66(48-27-13-6-14-28-48,49-29-15-7-16-30-49)50-31-17-8-18-32-50/h4-42H,1-3H3. The number of rotatable bonds is 9. The van der Waals surface area contributed by atoms with Crippen LogP contribution in [-0.4, -0.2) is 27.6 Å². The molecular weight excluding hydrogens is 817 g/mol. The van der Waals surface area contributed by atoms with E-state index in [9.17, 15) is 0 Å². The molecule has 66 heavy (non-hydrogen) atoms. The number of aromatic nitrogens is 4. The van der Waals surface area contributed by atoms with Gasteiger partial charge in [-0.25, -0.2) is 15.0 Å². The van der Waals surface area contributed by atoms with Crippen molar-refractivity contribution in [2.75, 3.05) is 0 Å². The largest absolute Gasteiger partial charge is 0.308 e. The fourth-order valence-corrected chi connectivity index (χ4v) is 14.5. The fourth-order valence-electron chi connectivity index (χ4n) is 9.71. The summed E-state index contributed by atoms with van der Waals surface area (Å²) in [6.07, 6.45) is 0. The molecule has 316 valence electrons. The van der Waals surface area contributed by atoms with Crippen molar-refractivity contribution in [1.29, 1.82) is 0 Å². The number of hydrogen-bond acceptors (Lipinski definition) is 3. The highest BCUT2D eigenvalue weighted by molar-refractivity contribution is 7.19. The maximum absolute atomic E-state index is 5.30. The zero-order chi connectivity index (χ0) is 44.7. The van der Waals surface area contributed by atoms with E-state index in [4.69, 9.17) is 15.0 Å². The third-order valence-electron chi connectivity index (χ3n) is 13.0. The van der Waals surface area contributed by atoms with E-state index in [0.717, 1.165) is 44.5 Å². The third-order valence-corrected chi connectivity index (χ3v) is 17.7. The second-order valence-corrected chi connectivity index (χ2v) is 21.8. The van der Waals surface area contributed by atoms with Gasteiger partial charge in [0, 0.05) is 27.5 Å². The van der Waals surface area contributed by atoms with Crippen molar-refractivity contribution in [1.82, 2.24) is 19.5 Å². The molecule has 2 heterocycles. The van der Waals surface area contributed by atoms with E-state index in [1.807, 2.05) is 36.4 Å². The lowest BCUT2D eigenvalue weighted by Gasteiger charge is -2.34. The molecule has 0 radical (unpaired) electrons. The van der Waals surface area contributed by atoms with E-state index in [1.54, 1.807) is 0 Å². The van der Waals surface area contributed by atoms with E-state index in [-0.39, 0.29) is 5.41 Å². The summed E-state index contributed by atoms with van der Waals surface area (Å²) in [6, 6.07) is 85.6. The van der Waals surface area contributed by atoms with Crippen molar-refractivity contribution in [2.45, 2.75) is 26.2 Å². The lowest BCUT2D eigenvalue weighted by atomic mass is 9.86. The summed E-state index contributed by atoms with van der Waals surface area (Å²) in [6.45, 7) is 6.84. The number of nitrogens with zero attached hydrogens (tertiary/aromatic N) is 4. The molecule has 0 saturated heterocycles. The maximum Gasteiger partial charge on any atom is 0.179 e. The number of benzene rings is 9. The molecule has 0 amide bonds. The van der Waals surface area contributed by atoms with Crippen molar-refractivity contribution >= 4 is 50.6 Å². The summed E-state index contributed by atoms with van der Waals surface area (Å²) < 4.78 is 2.42. The van der Waals surface area contributed by atoms with Gasteiger partial charge < -0.3 is 4.57 Å². The Morgan fingerprint density at radius 2 is 0.803 bits per heavy atom. The summed E-state index contributed by atoms with van der Waals surface area (Å²) in [4.78, 5) is 15.7. The molecule has 0 spiro atoms. The average molecular weight is 865 g/mol. The molecular formula is C61H48N4Si. The minimum Gasteiger partial charge on any atom is -0.308 e. The van der Waals surface area contributed by atoms with Gasteiger partial charge in [0.25, 0.3) is 0 Å². The summed E-state index contributed by atoms with van der Waals surface area (Å²) in [7, 11) is -2.80. The highest BCUT2D eigenvalue weighted by Crippen LogP contribution is 2.40. The van der Waals surface area contributed by atoms with Gasteiger partial charge in [0.1, 0.15) is 0 Å². The third kappa shape index (κ3) is 7.24. The van der Waals surface area contributed by atoms with Crippen molar-refractivity contribution < 1.29 is 0 Å². The Balaban J connectivity index is 1.19. The molecule has 5 heteroatoms. The zero-order valence-electron chi connectivity index (χ0n) is 37.3. The molecule has 11 rings (SSSR count). The number of para-hydroxylation sites is 1. The Morgan fingerprint density at radius 3 is 1.36 bits per heavy atom. The Hall–Kier alpha value is -7.99. The Kier molecular flexibility index (Phi) is 10.4. The molecule has 0 fully saturated rings. The van der Waals surface area contributed by atoms with Crippen molar-refractivity contribution in [3.05, 3.63) is 242 Å². The van der Waals surface area contributed by atoms with Crippen LogP contribution < -0.4 is 20.7 Å². The van der Waals surface area contributed by atoms with E-state index >= 15 is 0 Å². The second-order valence-electron chi connectivity index (χ2n) is 18.0. The molecule has 0 aliphatic heterocycles. The first-order valence-electron chi connectivity index (χ1n) is 22.7. The van der Waals surface area contributed by atoms with Crippen LogP contribution in [0.1, 0.15) is 26.3 Å². The van der Waals surface area contributed by atoms with Gasteiger partial charge in [0.15, 0.2) is 25.5 Å². The molecule has 2 aromatic heterocycles. The molecule has 0 atom stereocenters. The topological polar surface area (TPSA) is 43.6 Å². The van der Waals surface area contributed by atoms with E-state index in [1.165, 1.54) is 37.1 Å². The van der Waals surface area contributed by atoms with Crippen LogP contribution in [0.2, 0.25) is 0 Å². The van der Waals surface area contributed by atoms with Crippen LogP contribution in [0.25, 0.3) is 72.8 Å². The first kappa shape index (κ1) is 40.8. The van der Waals surface area contributed by atoms with Crippen LogP contribution in [0, 0.1) is 0 Å². The van der Waals surface area contributed by atoms with E-state index < -0.39 is 8.07 Å². The van der Waals surface area contributed by atoms with Crippen molar-refractivity contribution in [3.8, 4) is 51.0 Å². The summed E-state index contributed by atoms with van der Waals surface area (Å²) in [5.41, 5.74) is 9.54. The van der Waals surface area contributed by atoms with Crippen LogP contribution in [0.3, 0.4) is 0 Å². The van der Waals surface area contributed by atoms with Crippen LogP contribution in [0.5, 0.6) is 0 Å². The molecule has 0 unspecified atom stereocenters. The van der Waals surface area contributed by atoms with Gasteiger partial charge in [-0.05, 0) is 73.2 Å². The van der Waals surface area contributed by atoms with Crippen molar-refractivity contribution in [3.63, 3.8) is 0 Å². The molecule has 9 aromatic carbocycles. The van der Waals surface area contributed by atoms with Crippen LogP contribution in [-0.2, 0) is 5.41 Å². The predicted octanol–water partition coefficient (Wildman–Crippen LogP) is 12.3. The summed E-state index contributed by atoms with van der Waals surface area (Å²) in [5, 5.41) is 7.76. The first-order chi connectivity index (χ1) is 32.4. The van der Waals surface area contributed by atoms with Gasteiger partial charge in [0.05, 0.1) is 16.7 Å². The predicted molar refractivity (Wildman–Crippen MR) is 278 cm³/mol. The first-order valence-corrected chi connectivity index (χ1v) is 24.7. The van der Waals surface area contributed by atoms with Crippen LogP contribution in [0.4, 0.5) is 0 Å². The fraction of sp³-hybridized carbons (Fsp3) is 0.0656.